The molecule has 2 aromatic rings. The lowest BCUT2D eigenvalue weighted by Gasteiger charge is -2.21. The van der Waals surface area contributed by atoms with E-state index in [9.17, 15) is 18.0 Å². The summed E-state index contributed by atoms with van der Waals surface area (Å²) < 4.78 is 32.1. The number of hydrogen-bond donors (Lipinski definition) is 1. The summed E-state index contributed by atoms with van der Waals surface area (Å²) in [6.07, 6.45) is 0.586. The molecule has 1 atom stereocenters. The van der Waals surface area contributed by atoms with Crippen molar-refractivity contribution in [2.75, 3.05) is 25.6 Å². The molecule has 0 saturated carbocycles. The molecule has 3 rings (SSSR count). The molecule has 0 fully saturated rings. The molecule has 31 heavy (non-hydrogen) atoms. The molecule has 0 bridgehead atoms. The van der Waals surface area contributed by atoms with Crippen LogP contribution in [0.25, 0.3) is 0 Å². The highest BCUT2D eigenvalue weighted by atomic mass is 32.2. The van der Waals surface area contributed by atoms with E-state index in [4.69, 9.17) is 4.74 Å². The van der Waals surface area contributed by atoms with Crippen LogP contribution < -0.4 is 15.0 Å². The summed E-state index contributed by atoms with van der Waals surface area (Å²) in [6, 6.07) is 12.0. The summed E-state index contributed by atoms with van der Waals surface area (Å²) in [5.41, 5.74) is 2.39. The number of ether oxygens (including phenoxy) is 1. The van der Waals surface area contributed by atoms with E-state index in [2.05, 4.69) is 5.32 Å². The van der Waals surface area contributed by atoms with Crippen molar-refractivity contribution < 1.29 is 22.7 Å². The first-order chi connectivity index (χ1) is 14.6. The average molecular weight is 446 g/mol. The van der Waals surface area contributed by atoms with Crippen LogP contribution in [-0.2, 0) is 32.6 Å². The second-order valence-electron chi connectivity index (χ2n) is 7.62. The number of rotatable bonds is 7. The van der Waals surface area contributed by atoms with Gasteiger partial charge >= 0.3 is 0 Å². The van der Waals surface area contributed by atoms with Crippen molar-refractivity contribution in [3.8, 4) is 5.75 Å². The second-order valence-corrected chi connectivity index (χ2v) is 9.67. The highest BCUT2D eigenvalue weighted by Gasteiger charge is 2.31. The number of anilines is 1. The summed E-state index contributed by atoms with van der Waals surface area (Å²) in [5.74, 6) is 0.193. The molecule has 9 heteroatoms. The van der Waals surface area contributed by atoms with Gasteiger partial charge in [-0.25, -0.2) is 8.42 Å². The van der Waals surface area contributed by atoms with Crippen LogP contribution in [0.2, 0.25) is 0 Å². The van der Waals surface area contributed by atoms with E-state index >= 15 is 0 Å². The standard InChI is InChI=1S/C22H27N3O5S/c1-15-10-18-12-20(8-9-21(18)25(15)16(2)26)31(28,29)24(3)14-22(27)23-13-17-6-5-7-19(11-17)30-4/h5-9,11-12,15H,10,13-14H2,1-4H3,(H,23,27)/t15-/m1/s1. The number of hydrogen-bond acceptors (Lipinski definition) is 5. The van der Waals surface area contributed by atoms with E-state index in [1.54, 1.807) is 36.3 Å². The Morgan fingerprint density at radius 2 is 1.97 bits per heavy atom. The predicted octanol–water partition coefficient (Wildman–Crippen LogP) is 1.93. The van der Waals surface area contributed by atoms with Crippen molar-refractivity contribution >= 4 is 27.5 Å². The summed E-state index contributed by atoms with van der Waals surface area (Å²) in [4.78, 5) is 26.0. The van der Waals surface area contributed by atoms with Crippen molar-refractivity contribution in [2.45, 2.75) is 37.8 Å². The molecule has 1 N–H and O–H groups in total. The third kappa shape index (κ3) is 4.88. The molecule has 0 unspecified atom stereocenters. The normalized spacial score (nSPS) is 15.6. The topological polar surface area (TPSA) is 96.0 Å². The van der Waals surface area contributed by atoms with Crippen molar-refractivity contribution in [3.63, 3.8) is 0 Å². The fraction of sp³-hybridized carbons (Fsp3) is 0.364. The Kier molecular flexibility index (Phi) is 6.66. The van der Waals surface area contributed by atoms with Gasteiger partial charge in [0.1, 0.15) is 5.75 Å². The molecule has 166 valence electrons. The number of sulfonamides is 1. The molecule has 0 spiro atoms. The van der Waals surface area contributed by atoms with Crippen molar-refractivity contribution in [1.82, 2.24) is 9.62 Å². The lowest BCUT2D eigenvalue weighted by atomic mass is 10.1. The summed E-state index contributed by atoms with van der Waals surface area (Å²) >= 11 is 0. The highest BCUT2D eigenvalue weighted by Crippen LogP contribution is 2.34. The van der Waals surface area contributed by atoms with Crippen LogP contribution in [0, 0.1) is 0 Å². The Hall–Kier alpha value is -2.91. The molecule has 0 radical (unpaired) electrons. The van der Waals surface area contributed by atoms with E-state index in [0.717, 1.165) is 21.1 Å². The van der Waals surface area contributed by atoms with Gasteiger partial charge in [0.25, 0.3) is 0 Å². The maximum Gasteiger partial charge on any atom is 0.243 e. The number of nitrogens with one attached hydrogen (secondary N) is 1. The third-order valence-electron chi connectivity index (χ3n) is 5.30. The first-order valence-electron chi connectivity index (χ1n) is 9.92. The van der Waals surface area contributed by atoms with E-state index in [1.807, 2.05) is 19.1 Å². The maximum absolute atomic E-state index is 13.0. The highest BCUT2D eigenvalue weighted by molar-refractivity contribution is 7.89. The third-order valence-corrected chi connectivity index (χ3v) is 7.10. The average Bonchev–Trinajstić information content (AvgIpc) is 3.07. The predicted molar refractivity (Wildman–Crippen MR) is 117 cm³/mol. The number of carbonyl (C=O) groups is 2. The number of carbonyl (C=O) groups excluding carboxylic acids is 2. The molecule has 1 heterocycles. The number of nitrogens with zero attached hydrogens (tertiary/aromatic N) is 2. The molecule has 1 aliphatic heterocycles. The van der Waals surface area contributed by atoms with Gasteiger partial charge in [-0.3, -0.25) is 9.59 Å². The molecule has 2 amide bonds. The van der Waals surface area contributed by atoms with Crippen LogP contribution in [0.1, 0.15) is 25.0 Å². The van der Waals surface area contributed by atoms with Gasteiger partial charge in [-0.1, -0.05) is 12.1 Å². The van der Waals surface area contributed by atoms with Gasteiger partial charge in [-0.2, -0.15) is 4.31 Å². The zero-order chi connectivity index (χ0) is 22.8. The molecule has 0 aliphatic carbocycles. The number of fused-ring (bicyclic) bond motifs is 1. The molecule has 1 aliphatic rings. The number of likely N-dealkylation sites (N-methyl/N-ethyl adjacent to an activating group) is 1. The van der Waals surface area contributed by atoms with Gasteiger partial charge in [0.15, 0.2) is 0 Å². The molecule has 0 saturated heterocycles. The smallest absolute Gasteiger partial charge is 0.243 e. The summed E-state index contributed by atoms with van der Waals surface area (Å²) in [6.45, 7) is 3.38. The quantitative estimate of drug-likeness (QED) is 0.703. The van der Waals surface area contributed by atoms with E-state index in [-0.39, 0.29) is 29.9 Å². The van der Waals surface area contributed by atoms with Gasteiger partial charge in [0.2, 0.25) is 21.8 Å². The zero-order valence-electron chi connectivity index (χ0n) is 18.1. The number of benzene rings is 2. The van der Waals surface area contributed by atoms with Crippen LogP contribution in [0.3, 0.4) is 0 Å². The van der Waals surface area contributed by atoms with Gasteiger partial charge in [0.05, 0.1) is 18.6 Å². The lowest BCUT2D eigenvalue weighted by Crippen LogP contribution is -2.38. The van der Waals surface area contributed by atoms with E-state index in [0.29, 0.717) is 12.2 Å². The minimum absolute atomic E-state index is 0.0226. The minimum Gasteiger partial charge on any atom is -0.497 e. The summed E-state index contributed by atoms with van der Waals surface area (Å²) in [5, 5.41) is 2.73. The van der Waals surface area contributed by atoms with Gasteiger partial charge in [0, 0.05) is 32.2 Å². The van der Waals surface area contributed by atoms with Crippen LogP contribution in [0.4, 0.5) is 5.69 Å². The van der Waals surface area contributed by atoms with Gasteiger partial charge in [-0.05, 0) is 54.8 Å². The van der Waals surface area contributed by atoms with Gasteiger partial charge < -0.3 is 15.0 Å². The maximum atomic E-state index is 13.0. The van der Waals surface area contributed by atoms with Crippen molar-refractivity contribution in [1.29, 1.82) is 0 Å². The Morgan fingerprint density at radius 3 is 2.65 bits per heavy atom. The summed E-state index contributed by atoms with van der Waals surface area (Å²) in [7, 11) is -0.918. The zero-order valence-corrected chi connectivity index (χ0v) is 18.9. The largest absolute Gasteiger partial charge is 0.497 e. The fourth-order valence-corrected chi connectivity index (χ4v) is 4.93. The monoisotopic (exact) mass is 445 g/mol. The lowest BCUT2D eigenvalue weighted by molar-refractivity contribution is -0.121. The first-order valence-corrected chi connectivity index (χ1v) is 11.4. The Balaban J connectivity index is 1.67. The minimum atomic E-state index is -3.86. The SMILES string of the molecule is COc1cccc(CNC(=O)CN(C)S(=O)(=O)c2ccc3c(c2)C[C@@H](C)N3C(C)=O)c1. The first kappa shape index (κ1) is 22.8. The van der Waals surface area contributed by atoms with E-state index < -0.39 is 15.9 Å². The number of methoxy groups -OCH3 is 1. The van der Waals surface area contributed by atoms with Gasteiger partial charge in [-0.15, -0.1) is 0 Å². The Morgan fingerprint density at radius 1 is 1.23 bits per heavy atom. The molecule has 2 aromatic carbocycles. The molecular weight excluding hydrogens is 418 g/mol. The van der Waals surface area contributed by atoms with Crippen molar-refractivity contribution in [3.05, 3.63) is 53.6 Å². The fourth-order valence-electron chi connectivity index (χ4n) is 3.75. The second kappa shape index (κ2) is 9.07. The van der Waals surface area contributed by atoms with Crippen LogP contribution in [0.15, 0.2) is 47.4 Å². The Labute approximate surface area is 182 Å². The molecule has 0 aromatic heterocycles. The van der Waals surface area contributed by atoms with Crippen molar-refractivity contribution in [2.24, 2.45) is 0 Å². The number of amides is 2. The van der Waals surface area contributed by atoms with Crippen LogP contribution in [-0.4, -0.2) is 51.3 Å². The Bertz CT molecular complexity index is 1100. The van der Waals surface area contributed by atoms with Crippen LogP contribution in [0.5, 0.6) is 5.75 Å². The van der Waals surface area contributed by atoms with E-state index in [1.165, 1.54) is 20.0 Å². The van der Waals surface area contributed by atoms with Crippen LogP contribution >= 0.6 is 0 Å². The molecular formula is C22H27N3O5S. The molecule has 8 nitrogen and oxygen atoms in total.